The number of amides is 2. The van der Waals surface area contributed by atoms with Gasteiger partial charge in [0.05, 0.1) is 0 Å². The van der Waals surface area contributed by atoms with Gasteiger partial charge in [0.2, 0.25) is 5.13 Å². The van der Waals surface area contributed by atoms with Crippen LogP contribution in [-0.4, -0.2) is 41.0 Å². The van der Waals surface area contributed by atoms with Gasteiger partial charge in [-0.1, -0.05) is 30.0 Å². The first-order valence-electron chi connectivity index (χ1n) is 4.58. The van der Waals surface area contributed by atoms with E-state index in [2.05, 4.69) is 22.4 Å². The number of nitrogens with zero attached hydrogens (tertiary/aromatic N) is 3. The highest BCUT2D eigenvalue weighted by molar-refractivity contribution is 8.01. The molecule has 0 unspecified atom stereocenters. The van der Waals surface area contributed by atoms with Crippen LogP contribution in [0.2, 0.25) is 0 Å². The summed E-state index contributed by atoms with van der Waals surface area (Å²) in [6, 6.07) is -0.182. The molecule has 0 aromatic carbocycles. The Labute approximate surface area is 97.3 Å². The monoisotopic (exact) mass is 246 g/mol. The van der Waals surface area contributed by atoms with Crippen molar-refractivity contribution in [3.05, 3.63) is 0 Å². The third kappa shape index (κ3) is 4.05. The van der Waals surface area contributed by atoms with E-state index in [0.717, 1.165) is 16.5 Å². The van der Waals surface area contributed by atoms with Crippen LogP contribution in [0.1, 0.15) is 13.3 Å². The van der Waals surface area contributed by atoms with E-state index < -0.39 is 0 Å². The summed E-state index contributed by atoms with van der Waals surface area (Å²) in [6.07, 6.45) is 1.10. The summed E-state index contributed by atoms with van der Waals surface area (Å²) in [4.78, 5) is 12.7. The van der Waals surface area contributed by atoms with Gasteiger partial charge in [-0.2, -0.15) is 0 Å². The number of hydrogen-bond donors (Lipinski definition) is 1. The van der Waals surface area contributed by atoms with E-state index in [1.165, 1.54) is 16.2 Å². The third-order valence-electron chi connectivity index (χ3n) is 1.46. The number of thioether (sulfide) groups is 1. The molecule has 0 aliphatic carbocycles. The summed E-state index contributed by atoms with van der Waals surface area (Å²) in [5.41, 5.74) is 0. The lowest BCUT2D eigenvalue weighted by Gasteiger charge is -2.08. The van der Waals surface area contributed by atoms with Crippen molar-refractivity contribution in [2.75, 3.05) is 25.2 Å². The first-order chi connectivity index (χ1) is 7.13. The van der Waals surface area contributed by atoms with Crippen molar-refractivity contribution in [1.29, 1.82) is 0 Å². The lowest BCUT2D eigenvalue weighted by molar-refractivity contribution is 0.230. The second-order valence-corrected chi connectivity index (χ2v) is 5.37. The van der Waals surface area contributed by atoms with Gasteiger partial charge in [0.1, 0.15) is 0 Å². The van der Waals surface area contributed by atoms with Crippen molar-refractivity contribution < 1.29 is 4.79 Å². The Morgan fingerprint density at radius 1 is 1.53 bits per heavy atom. The van der Waals surface area contributed by atoms with E-state index >= 15 is 0 Å². The van der Waals surface area contributed by atoms with E-state index in [-0.39, 0.29) is 6.03 Å². The van der Waals surface area contributed by atoms with E-state index in [0.29, 0.717) is 5.13 Å². The second-order valence-electron chi connectivity index (χ2n) is 3.05. The Morgan fingerprint density at radius 3 is 2.87 bits per heavy atom. The molecule has 1 rings (SSSR count). The lowest BCUT2D eigenvalue weighted by atomic mass is 10.6. The van der Waals surface area contributed by atoms with Crippen LogP contribution in [-0.2, 0) is 0 Å². The average Bonchev–Trinajstić information content (AvgIpc) is 2.62. The Hall–Kier alpha value is -0.820. The van der Waals surface area contributed by atoms with Gasteiger partial charge in [-0.25, -0.2) is 4.79 Å². The van der Waals surface area contributed by atoms with Gasteiger partial charge in [0, 0.05) is 19.8 Å². The summed E-state index contributed by atoms with van der Waals surface area (Å²) < 4.78 is 0.894. The first-order valence-corrected chi connectivity index (χ1v) is 6.38. The van der Waals surface area contributed by atoms with Gasteiger partial charge in [0.25, 0.3) is 0 Å². The van der Waals surface area contributed by atoms with Crippen molar-refractivity contribution in [3.63, 3.8) is 0 Å². The molecule has 2 amide bonds. The van der Waals surface area contributed by atoms with Gasteiger partial charge in [-0.15, -0.1) is 10.2 Å². The smallest absolute Gasteiger partial charge is 0.323 e. The Morgan fingerprint density at radius 2 is 2.27 bits per heavy atom. The number of anilines is 1. The van der Waals surface area contributed by atoms with Gasteiger partial charge in [0.15, 0.2) is 4.34 Å². The summed E-state index contributed by atoms with van der Waals surface area (Å²) in [7, 11) is 3.37. The maximum atomic E-state index is 11.3. The van der Waals surface area contributed by atoms with E-state index in [9.17, 15) is 4.79 Å². The molecule has 1 N–H and O–H groups in total. The van der Waals surface area contributed by atoms with Crippen LogP contribution in [0.15, 0.2) is 4.34 Å². The second kappa shape index (κ2) is 5.92. The highest BCUT2D eigenvalue weighted by atomic mass is 32.2. The Bertz CT molecular complexity index is 326. The van der Waals surface area contributed by atoms with Crippen molar-refractivity contribution >= 4 is 34.3 Å². The van der Waals surface area contributed by atoms with Gasteiger partial charge >= 0.3 is 6.03 Å². The maximum Gasteiger partial charge on any atom is 0.323 e. The fourth-order valence-corrected chi connectivity index (χ4v) is 2.38. The molecular formula is C8H14N4OS2. The zero-order valence-corrected chi connectivity index (χ0v) is 10.6. The molecular weight excluding hydrogens is 232 g/mol. The molecule has 0 atom stereocenters. The van der Waals surface area contributed by atoms with Crippen molar-refractivity contribution in [2.24, 2.45) is 0 Å². The minimum atomic E-state index is -0.182. The number of carbonyl (C=O) groups is 1. The average molecular weight is 246 g/mol. The minimum absolute atomic E-state index is 0.182. The largest absolute Gasteiger partial charge is 0.331 e. The van der Waals surface area contributed by atoms with Crippen LogP contribution in [0.25, 0.3) is 0 Å². The highest BCUT2D eigenvalue weighted by Crippen LogP contribution is 2.25. The van der Waals surface area contributed by atoms with Crippen molar-refractivity contribution in [2.45, 2.75) is 17.7 Å². The maximum absolute atomic E-state index is 11.3. The molecule has 0 bridgehead atoms. The standard InChI is InChI=1S/C8H14N4OS2/c1-4-5-14-8-11-10-6(15-8)9-7(13)12(2)3/h4-5H2,1-3H3,(H,9,10,13). The van der Waals surface area contributed by atoms with Crippen LogP contribution >= 0.6 is 23.1 Å². The minimum Gasteiger partial charge on any atom is -0.331 e. The zero-order chi connectivity index (χ0) is 11.3. The summed E-state index contributed by atoms with van der Waals surface area (Å²) in [6.45, 7) is 2.11. The van der Waals surface area contributed by atoms with Crippen LogP contribution in [0.4, 0.5) is 9.93 Å². The summed E-state index contributed by atoms with van der Waals surface area (Å²) in [5, 5.41) is 11.1. The molecule has 1 aromatic heterocycles. The van der Waals surface area contributed by atoms with Gasteiger partial charge in [-0.3, -0.25) is 5.32 Å². The number of hydrogen-bond acceptors (Lipinski definition) is 5. The Kier molecular flexibility index (Phi) is 4.83. The molecule has 5 nitrogen and oxygen atoms in total. The molecule has 1 aromatic rings. The number of carbonyl (C=O) groups excluding carboxylic acids is 1. The molecule has 84 valence electrons. The predicted octanol–water partition coefficient (Wildman–Crippen LogP) is 2.13. The molecule has 7 heteroatoms. The lowest BCUT2D eigenvalue weighted by Crippen LogP contribution is -2.27. The van der Waals surface area contributed by atoms with Crippen LogP contribution in [0, 0.1) is 0 Å². The van der Waals surface area contributed by atoms with Crippen molar-refractivity contribution in [3.8, 4) is 0 Å². The van der Waals surface area contributed by atoms with Gasteiger partial charge < -0.3 is 4.90 Å². The zero-order valence-electron chi connectivity index (χ0n) is 8.98. The third-order valence-corrected chi connectivity index (χ3v) is 3.63. The highest BCUT2D eigenvalue weighted by Gasteiger charge is 2.08. The number of nitrogens with one attached hydrogen (secondary N) is 1. The number of urea groups is 1. The molecule has 15 heavy (non-hydrogen) atoms. The van der Waals surface area contributed by atoms with E-state index in [4.69, 9.17) is 0 Å². The van der Waals surface area contributed by atoms with Crippen LogP contribution < -0.4 is 5.32 Å². The topological polar surface area (TPSA) is 58.1 Å². The number of rotatable bonds is 4. The predicted molar refractivity (Wildman–Crippen MR) is 63.6 cm³/mol. The molecule has 0 saturated heterocycles. The normalized spacial score (nSPS) is 10.1. The molecule has 0 aliphatic heterocycles. The fraction of sp³-hybridized carbons (Fsp3) is 0.625. The first kappa shape index (κ1) is 12.3. The van der Waals surface area contributed by atoms with Crippen LogP contribution in [0.5, 0.6) is 0 Å². The van der Waals surface area contributed by atoms with Crippen molar-refractivity contribution in [1.82, 2.24) is 15.1 Å². The molecule has 0 aliphatic rings. The van der Waals surface area contributed by atoms with Crippen LogP contribution in [0.3, 0.4) is 0 Å². The number of aromatic nitrogens is 2. The molecule has 0 saturated carbocycles. The molecule has 0 spiro atoms. The molecule has 0 radical (unpaired) electrons. The summed E-state index contributed by atoms with van der Waals surface area (Å²) >= 11 is 3.06. The fourth-order valence-electron chi connectivity index (χ4n) is 0.711. The van der Waals surface area contributed by atoms with E-state index in [1.54, 1.807) is 25.9 Å². The molecule has 1 heterocycles. The quantitative estimate of drug-likeness (QED) is 0.653. The molecule has 0 fully saturated rings. The van der Waals surface area contributed by atoms with E-state index in [1.807, 2.05) is 0 Å². The summed E-state index contributed by atoms with van der Waals surface area (Å²) in [5.74, 6) is 1.02. The Balaban J connectivity index is 2.49. The SMILES string of the molecule is CCCSc1nnc(NC(=O)N(C)C)s1. The van der Waals surface area contributed by atoms with Gasteiger partial charge in [-0.05, 0) is 6.42 Å².